The number of allylic oxidation sites excluding steroid dienone is 1. The second-order valence-corrected chi connectivity index (χ2v) is 8.64. The first-order chi connectivity index (χ1) is 17.7. The van der Waals surface area contributed by atoms with Crippen molar-refractivity contribution in [3.8, 4) is 0 Å². The lowest BCUT2D eigenvalue weighted by Crippen LogP contribution is -2.29. The van der Waals surface area contributed by atoms with Crippen LogP contribution in [0.1, 0.15) is 31.1 Å². The number of carboxylic acids is 2. The number of rotatable bonds is 9. The molecule has 3 aliphatic heterocycles. The van der Waals surface area contributed by atoms with E-state index >= 15 is 0 Å². The van der Waals surface area contributed by atoms with Gasteiger partial charge in [-0.25, -0.2) is 14.4 Å². The maximum atomic E-state index is 12.4. The fraction of sp³-hybridized carbons (Fsp3) is 0.375. The molecule has 4 aliphatic rings. The van der Waals surface area contributed by atoms with E-state index in [1.54, 1.807) is 0 Å². The Morgan fingerprint density at radius 3 is 1.84 bits per heavy atom. The van der Waals surface area contributed by atoms with Crippen LogP contribution in [0.15, 0.2) is 41.4 Å². The van der Waals surface area contributed by atoms with Crippen LogP contribution in [0.3, 0.4) is 0 Å². The van der Waals surface area contributed by atoms with Gasteiger partial charge in [-0.3, -0.25) is 9.59 Å². The van der Waals surface area contributed by atoms with Crippen LogP contribution in [0.5, 0.6) is 0 Å². The first-order valence-corrected chi connectivity index (χ1v) is 11.5. The Morgan fingerprint density at radius 1 is 0.811 bits per heavy atom. The minimum atomic E-state index is -1.50. The molecular weight excluding hydrogens is 490 g/mol. The quantitative estimate of drug-likeness (QED) is 0.174. The molecule has 0 atom stereocenters. The van der Waals surface area contributed by atoms with Crippen LogP contribution in [0, 0.1) is 0 Å². The minimum absolute atomic E-state index is 0.00546. The molecule has 0 saturated carbocycles. The van der Waals surface area contributed by atoms with E-state index in [0.717, 1.165) is 57.5 Å². The summed E-state index contributed by atoms with van der Waals surface area (Å²) in [7, 11) is 0. The van der Waals surface area contributed by atoms with Crippen LogP contribution in [-0.2, 0) is 14.3 Å². The summed E-state index contributed by atoms with van der Waals surface area (Å²) in [5.74, 6) is -3.87. The molecule has 0 bridgehead atoms. The van der Waals surface area contributed by atoms with E-state index in [2.05, 4.69) is 0 Å². The van der Waals surface area contributed by atoms with Crippen molar-refractivity contribution in [2.75, 3.05) is 52.5 Å². The van der Waals surface area contributed by atoms with Gasteiger partial charge in [0.1, 0.15) is 17.5 Å². The number of ether oxygens (including phenoxy) is 1. The summed E-state index contributed by atoms with van der Waals surface area (Å²) < 4.78 is 4.69. The molecule has 0 radical (unpaired) electrons. The molecule has 196 valence electrons. The van der Waals surface area contributed by atoms with Crippen LogP contribution in [0.2, 0.25) is 0 Å². The number of nitrogens with zero attached hydrogens (tertiary/aromatic N) is 3. The van der Waals surface area contributed by atoms with Crippen LogP contribution >= 0.6 is 0 Å². The summed E-state index contributed by atoms with van der Waals surface area (Å²) >= 11 is 0. The van der Waals surface area contributed by atoms with E-state index in [0.29, 0.717) is 17.1 Å². The molecule has 0 unspecified atom stereocenters. The minimum Gasteiger partial charge on any atom is -0.478 e. The molecule has 3 fully saturated rings. The lowest BCUT2D eigenvalue weighted by atomic mass is 10.0. The fourth-order valence-corrected chi connectivity index (χ4v) is 3.66. The number of hydrogen-bond acceptors (Lipinski definition) is 11. The zero-order chi connectivity index (χ0) is 26.9. The number of carboxylic acid groups (broad SMARTS) is 2. The SMILES string of the molecule is O=C(OC(CO)CO)c1ccc(C(=O)O)c(C(=O)O)c1.O=C1C=C(N2CC2)C(=O)C(N2CC2)=C1N1CC1. The average Bonchev–Trinajstić information content (AvgIpc) is 3.71. The third kappa shape index (κ3) is 5.78. The number of aliphatic hydroxyl groups is 2. The van der Waals surface area contributed by atoms with Gasteiger partial charge in [0.25, 0.3) is 0 Å². The van der Waals surface area contributed by atoms with E-state index in [1.165, 1.54) is 6.08 Å². The van der Waals surface area contributed by atoms with Crippen molar-refractivity contribution in [2.45, 2.75) is 6.10 Å². The predicted octanol–water partition coefficient (Wildman–Crippen LogP) is -1.23. The lowest BCUT2D eigenvalue weighted by molar-refractivity contribution is -0.117. The molecule has 0 amide bonds. The molecule has 1 aliphatic carbocycles. The third-order valence-corrected chi connectivity index (χ3v) is 5.89. The molecule has 0 spiro atoms. The molecule has 3 saturated heterocycles. The highest BCUT2D eigenvalue weighted by Gasteiger charge is 2.43. The van der Waals surface area contributed by atoms with Crippen molar-refractivity contribution >= 4 is 29.5 Å². The number of benzene rings is 1. The zero-order valence-electron chi connectivity index (χ0n) is 19.6. The fourth-order valence-electron chi connectivity index (χ4n) is 3.66. The number of aromatic carboxylic acids is 2. The molecule has 13 nitrogen and oxygen atoms in total. The summed E-state index contributed by atoms with van der Waals surface area (Å²) in [6.07, 6.45) is 0.394. The van der Waals surface area contributed by atoms with Gasteiger partial charge in [0.2, 0.25) is 11.6 Å². The van der Waals surface area contributed by atoms with Gasteiger partial charge in [0.05, 0.1) is 35.6 Å². The molecule has 13 heteroatoms. The summed E-state index contributed by atoms with van der Waals surface area (Å²) in [5.41, 5.74) is 0.670. The Balaban J connectivity index is 0.000000174. The topological polar surface area (TPSA) is 185 Å². The number of aliphatic hydroxyl groups excluding tert-OH is 2. The number of Topliss-reactive ketones (excluding diaryl/α,β-unsaturated/α-hetero) is 1. The Morgan fingerprint density at radius 2 is 1.35 bits per heavy atom. The standard InChI is InChI=1S/C12H13N3O2.C12H12O8/c16-9-7-8(13-1-2-13)12(17)11(15-5-6-15)10(9)14-3-4-14;13-4-7(5-14)20-12(19)6-1-2-8(10(15)16)9(3-6)11(17)18/h7H,1-6H2;1-3,7,13-14H,4-5H2,(H,15,16)(H,17,18). The van der Waals surface area contributed by atoms with Crippen molar-refractivity contribution < 1.29 is 49.1 Å². The molecule has 1 aromatic rings. The second-order valence-electron chi connectivity index (χ2n) is 8.64. The molecule has 0 aromatic heterocycles. The van der Waals surface area contributed by atoms with Gasteiger partial charge in [-0.1, -0.05) is 0 Å². The molecule has 5 rings (SSSR count). The van der Waals surface area contributed by atoms with Gasteiger partial charge in [-0.15, -0.1) is 0 Å². The molecule has 3 heterocycles. The first-order valence-electron chi connectivity index (χ1n) is 11.5. The summed E-state index contributed by atoms with van der Waals surface area (Å²) in [6, 6.07) is 2.92. The largest absolute Gasteiger partial charge is 0.478 e. The van der Waals surface area contributed by atoms with Crippen molar-refractivity contribution in [3.05, 3.63) is 58.1 Å². The average molecular weight is 515 g/mol. The number of esters is 1. The number of carbonyl (C=O) groups excluding carboxylic acids is 3. The van der Waals surface area contributed by atoms with Gasteiger partial charge in [0, 0.05) is 45.3 Å². The molecule has 37 heavy (non-hydrogen) atoms. The van der Waals surface area contributed by atoms with E-state index in [9.17, 15) is 24.0 Å². The lowest BCUT2D eigenvalue weighted by Gasteiger charge is -2.21. The van der Waals surface area contributed by atoms with E-state index in [4.69, 9.17) is 25.2 Å². The van der Waals surface area contributed by atoms with Crippen LogP contribution in [-0.4, -0.2) is 123 Å². The van der Waals surface area contributed by atoms with Crippen LogP contribution in [0.4, 0.5) is 0 Å². The normalized spacial score (nSPS) is 17.8. The monoisotopic (exact) mass is 515 g/mol. The summed E-state index contributed by atoms with van der Waals surface area (Å²) in [6.45, 7) is 4.21. The van der Waals surface area contributed by atoms with E-state index < -0.39 is 48.4 Å². The van der Waals surface area contributed by atoms with E-state index in [1.807, 2.05) is 14.7 Å². The Labute approximate surface area is 210 Å². The summed E-state index contributed by atoms with van der Waals surface area (Å²) in [5, 5.41) is 35.3. The molecule has 4 N–H and O–H groups in total. The Bertz CT molecular complexity index is 1220. The van der Waals surface area contributed by atoms with Crippen molar-refractivity contribution in [1.82, 2.24) is 14.7 Å². The van der Waals surface area contributed by atoms with Crippen LogP contribution in [0.25, 0.3) is 0 Å². The molecule has 1 aromatic carbocycles. The smallest absolute Gasteiger partial charge is 0.338 e. The summed E-state index contributed by atoms with van der Waals surface area (Å²) in [4.78, 5) is 63.9. The van der Waals surface area contributed by atoms with Gasteiger partial charge in [0.15, 0.2) is 0 Å². The maximum absolute atomic E-state index is 12.4. The van der Waals surface area contributed by atoms with Crippen molar-refractivity contribution in [3.63, 3.8) is 0 Å². The maximum Gasteiger partial charge on any atom is 0.338 e. The highest BCUT2D eigenvalue weighted by atomic mass is 16.6. The van der Waals surface area contributed by atoms with Crippen molar-refractivity contribution in [1.29, 1.82) is 0 Å². The van der Waals surface area contributed by atoms with Crippen molar-refractivity contribution in [2.24, 2.45) is 0 Å². The number of hydrogen-bond donors (Lipinski definition) is 4. The molecular formula is C24H25N3O10. The van der Waals surface area contributed by atoms with Gasteiger partial charge in [-0.05, 0) is 18.2 Å². The van der Waals surface area contributed by atoms with E-state index in [-0.39, 0.29) is 17.1 Å². The van der Waals surface area contributed by atoms with Gasteiger partial charge in [-0.2, -0.15) is 0 Å². The highest BCUT2D eigenvalue weighted by molar-refractivity contribution is 6.22. The number of ketones is 2. The highest BCUT2D eigenvalue weighted by Crippen LogP contribution is 2.33. The first kappa shape index (κ1) is 25.9. The predicted molar refractivity (Wildman–Crippen MR) is 124 cm³/mol. The zero-order valence-corrected chi connectivity index (χ0v) is 19.6. The van der Waals surface area contributed by atoms with Crippen LogP contribution < -0.4 is 0 Å². The van der Waals surface area contributed by atoms with Gasteiger partial charge < -0.3 is 39.9 Å². The second kappa shape index (κ2) is 10.4. The number of carbonyl (C=O) groups is 5. The Kier molecular flexibility index (Phi) is 7.27. The van der Waals surface area contributed by atoms with Gasteiger partial charge >= 0.3 is 17.9 Å². The third-order valence-electron chi connectivity index (χ3n) is 5.89. The Hall–Kier alpha value is -4.23.